The van der Waals surface area contributed by atoms with Crippen molar-refractivity contribution in [1.82, 2.24) is 9.55 Å². The number of fused-ring (bicyclic) bond motifs is 1. The summed E-state index contributed by atoms with van der Waals surface area (Å²) in [5, 5.41) is 0.638. The molecule has 30 heavy (non-hydrogen) atoms. The first-order chi connectivity index (χ1) is 14.6. The highest BCUT2D eigenvalue weighted by atomic mass is 32.1. The summed E-state index contributed by atoms with van der Waals surface area (Å²) in [5.41, 5.74) is 4.09. The molecule has 3 aromatic rings. The van der Waals surface area contributed by atoms with Crippen molar-refractivity contribution in [2.75, 3.05) is 13.2 Å². The van der Waals surface area contributed by atoms with Crippen LogP contribution in [0.1, 0.15) is 35.6 Å². The Bertz CT molecular complexity index is 1150. The number of ether oxygens (including phenoxy) is 1. The molecule has 0 bridgehead atoms. The summed E-state index contributed by atoms with van der Waals surface area (Å²) in [6.45, 7) is 3.43. The van der Waals surface area contributed by atoms with E-state index in [4.69, 9.17) is 4.74 Å². The lowest BCUT2D eigenvalue weighted by molar-refractivity contribution is 0.0685. The molecule has 0 saturated carbocycles. The minimum absolute atomic E-state index is 0.00873. The van der Waals surface area contributed by atoms with Crippen LogP contribution in [-0.2, 0) is 11.2 Å². The van der Waals surface area contributed by atoms with Crippen LogP contribution in [0.2, 0.25) is 0 Å². The van der Waals surface area contributed by atoms with Gasteiger partial charge in [-0.1, -0.05) is 42.0 Å². The number of nitrogens with zero attached hydrogens (tertiary/aromatic N) is 2. The van der Waals surface area contributed by atoms with Gasteiger partial charge in [0.15, 0.2) is 0 Å². The first kappa shape index (κ1) is 20.6. The second-order valence-corrected chi connectivity index (χ2v) is 8.28. The molecule has 0 aliphatic carbocycles. The lowest BCUT2D eigenvalue weighted by Crippen LogP contribution is -2.29. The topological polar surface area (TPSA) is 44.1 Å². The molecular formula is C25H26N2O2S. The van der Waals surface area contributed by atoms with Gasteiger partial charge in [0.2, 0.25) is 0 Å². The molecule has 2 aromatic carbocycles. The zero-order valence-corrected chi connectivity index (χ0v) is 18.0. The molecule has 1 aliphatic rings. The highest BCUT2D eigenvalue weighted by Gasteiger charge is 2.17. The summed E-state index contributed by atoms with van der Waals surface area (Å²) >= 11 is 4.37. The Morgan fingerprint density at radius 1 is 1.03 bits per heavy atom. The van der Waals surface area contributed by atoms with Crippen LogP contribution in [0.4, 0.5) is 0 Å². The molecule has 4 rings (SSSR count). The minimum atomic E-state index is 0.00873. The van der Waals surface area contributed by atoms with Crippen LogP contribution >= 0.6 is 12.6 Å². The summed E-state index contributed by atoms with van der Waals surface area (Å²) < 4.78 is 7.25. The summed E-state index contributed by atoms with van der Waals surface area (Å²) in [6.07, 6.45) is 4.10. The number of hydrogen-bond donors (Lipinski definition) is 1. The minimum Gasteiger partial charge on any atom is -0.381 e. The lowest BCUT2D eigenvalue weighted by Gasteiger charge is -2.23. The zero-order valence-electron chi connectivity index (χ0n) is 17.1. The van der Waals surface area contributed by atoms with Gasteiger partial charge in [0.1, 0.15) is 0 Å². The van der Waals surface area contributed by atoms with Crippen molar-refractivity contribution in [3.63, 3.8) is 0 Å². The lowest BCUT2D eigenvalue weighted by atomic mass is 10.0. The van der Waals surface area contributed by atoms with Gasteiger partial charge in [0, 0.05) is 24.2 Å². The van der Waals surface area contributed by atoms with E-state index in [2.05, 4.69) is 48.8 Å². The summed E-state index contributed by atoms with van der Waals surface area (Å²) in [6, 6.07) is 20.3. The average Bonchev–Trinajstić information content (AvgIpc) is 2.76. The van der Waals surface area contributed by atoms with Crippen LogP contribution in [-0.4, -0.2) is 22.8 Å². The molecule has 0 spiro atoms. The van der Waals surface area contributed by atoms with Crippen LogP contribution in [0.5, 0.6) is 0 Å². The molecule has 0 atom stereocenters. The van der Waals surface area contributed by atoms with Gasteiger partial charge in [-0.15, -0.1) is 12.6 Å². The maximum absolute atomic E-state index is 13.4. The Morgan fingerprint density at radius 2 is 1.77 bits per heavy atom. The van der Waals surface area contributed by atoms with Gasteiger partial charge in [-0.05, 0) is 61.6 Å². The quantitative estimate of drug-likeness (QED) is 0.605. The molecule has 4 nitrogen and oxygen atoms in total. The third-order valence-electron chi connectivity index (χ3n) is 5.49. The first-order valence-electron chi connectivity index (χ1n) is 10.3. The molecule has 1 fully saturated rings. The Morgan fingerprint density at radius 3 is 2.53 bits per heavy atom. The van der Waals surface area contributed by atoms with E-state index >= 15 is 0 Å². The summed E-state index contributed by atoms with van der Waals surface area (Å²) in [7, 11) is 0. The van der Waals surface area contributed by atoms with E-state index in [9.17, 15) is 4.79 Å². The highest BCUT2D eigenvalue weighted by molar-refractivity contribution is 7.80. The maximum atomic E-state index is 13.4. The van der Waals surface area contributed by atoms with Crippen molar-refractivity contribution in [2.45, 2.75) is 37.1 Å². The van der Waals surface area contributed by atoms with Gasteiger partial charge < -0.3 is 4.74 Å². The Hall–Kier alpha value is -2.63. The number of aromatic nitrogens is 2. The van der Waals surface area contributed by atoms with E-state index in [0.29, 0.717) is 24.1 Å². The first-order valence-corrected chi connectivity index (χ1v) is 10.8. The largest absolute Gasteiger partial charge is 0.381 e. The third kappa shape index (κ3) is 4.91. The molecule has 1 aliphatic heterocycles. The van der Waals surface area contributed by atoms with Gasteiger partial charge in [-0.2, -0.15) is 0 Å². The van der Waals surface area contributed by atoms with E-state index in [1.54, 1.807) is 10.9 Å². The van der Waals surface area contributed by atoms with Crippen molar-refractivity contribution in [1.29, 1.82) is 0 Å². The molecule has 154 valence electrons. The maximum Gasteiger partial charge on any atom is 0.261 e. The van der Waals surface area contributed by atoms with Crippen molar-refractivity contribution in [2.24, 2.45) is 0 Å². The third-order valence-corrected chi connectivity index (χ3v) is 5.79. The number of hydrogen-bond acceptors (Lipinski definition) is 4. The van der Waals surface area contributed by atoms with Gasteiger partial charge in [0.05, 0.1) is 17.2 Å². The van der Waals surface area contributed by atoms with Gasteiger partial charge >= 0.3 is 0 Å². The van der Waals surface area contributed by atoms with Crippen LogP contribution in [0, 0.1) is 6.92 Å². The average molecular weight is 419 g/mol. The summed E-state index contributed by atoms with van der Waals surface area (Å²) in [4.78, 5) is 19.0. The molecule has 0 N–H and O–H groups in total. The molecule has 0 amide bonds. The van der Waals surface area contributed by atoms with Gasteiger partial charge in [0.25, 0.3) is 5.56 Å². The second kappa shape index (κ2) is 9.45. The van der Waals surface area contributed by atoms with E-state index < -0.39 is 0 Å². The number of thiol groups is 1. The molecule has 1 aromatic heterocycles. The molecule has 5 heteroatoms. The van der Waals surface area contributed by atoms with E-state index in [-0.39, 0.29) is 11.6 Å². The SMILES string of the molecule is Cc1cccc2ncn(C3CCOCC3)c(=O)c2cc(Cc2ccc(S)cc2)cc1. The summed E-state index contributed by atoms with van der Waals surface area (Å²) in [5.74, 6) is 0. The van der Waals surface area contributed by atoms with Gasteiger partial charge in [-0.25, -0.2) is 4.98 Å². The van der Waals surface area contributed by atoms with Crippen LogP contribution in [0.25, 0.3) is 10.9 Å². The standard InChI is InChI=1S/C25H26N2O2S/c1-18-3-2-4-24-23(25(28)27(17-26-24)21-11-13-29-14-12-21)16-20(6-5-18)15-19-7-9-22(30)10-8-19/h2-10,16-17,21,30H,11-15H2,1H3. The van der Waals surface area contributed by atoms with Crippen molar-refractivity contribution < 1.29 is 4.74 Å². The highest BCUT2D eigenvalue weighted by Crippen LogP contribution is 2.20. The van der Waals surface area contributed by atoms with E-state index in [1.165, 1.54) is 5.56 Å². The molecule has 1 saturated heterocycles. The van der Waals surface area contributed by atoms with E-state index in [1.807, 2.05) is 36.4 Å². The van der Waals surface area contributed by atoms with Crippen LogP contribution in [0.15, 0.2) is 76.7 Å². The monoisotopic (exact) mass is 418 g/mol. The number of benzene rings is 1. The van der Waals surface area contributed by atoms with Crippen LogP contribution < -0.4 is 5.56 Å². The Balaban J connectivity index is 1.88. The van der Waals surface area contributed by atoms with Gasteiger partial charge in [-0.3, -0.25) is 9.36 Å². The fraction of sp³-hybridized carbons (Fsp3) is 0.280. The number of rotatable bonds is 3. The molecule has 2 heterocycles. The van der Waals surface area contributed by atoms with Crippen molar-refractivity contribution >= 4 is 23.5 Å². The second-order valence-electron chi connectivity index (χ2n) is 7.77. The van der Waals surface area contributed by atoms with Crippen molar-refractivity contribution in [3.05, 3.63) is 94.0 Å². The zero-order chi connectivity index (χ0) is 20.9. The predicted octanol–water partition coefficient (Wildman–Crippen LogP) is 5.06. The Kier molecular flexibility index (Phi) is 6.50. The normalized spacial score (nSPS) is 14.5. The van der Waals surface area contributed by atoms with E-state index in [0.717, 1.165) is 35.3 Å². The number of aryl methyl sites for hydroxylation is 1. The molecule has 0 radical (unpaired) electrons. The smallest absolute Gasteiger partial charge is 0.261 e. The van der Waals surface area contributed by atoms with Crippen LogP contribution in [0.3, 0.4) is 0 Å². The molecule has 0 unspecified atom stereocenters. The fourth-order valence-electron chi connectivity index (χ4n) is 3.76. The Labute approximate surface area is 182 Å². The predicted molar refractivity (Wildman–Crippen MR) is 124 cm³/mol. The fourth-order valence-corrected chi connectivity index (χ4v) is 3.91. The van der Waals surface area contributed by atoms with Crippen molar-refractivity contribution in [3.8, 4) is 0 Å². The molecular weight excluding hydrogens is 392 g/mol.